The minimum atomic E-state index is -3.62. The lowest BCUT2D eigenvalue weighted by Crippen LogP contribution is -2.25. The van der Waals surface area contributed by atoms with Crippen molar-refractivity contribution in [3.8, 4) is 5.75 Å². The first-order chi connectivity index (χ1) is 16.4. The molecule has 2 N–H and O–H groups in total. The average Bonchev–Trinajstić information content (AvgIpc) is 2.77. The van der Waals surface area contributed by atoms with Gasteiger partial charge in [0.2, 0.25) is 0 Å². The van der Waals surface area contributed by atoms with Crippen LogP contribution in [0.1, 0.15) is 22.3 Å². The molecule has 2 aromatic carbocycles. The van der Waals surface area contributed by atoms with Crippen molar-refractivity contribution in [2.75, 3.05) is 33.9 Å². The number of nitrogens with two attached hydrogens (primary N) is 1. The van der Waals surface area contributed by atoms with Gasteiger partial charge in [-0.2, -0.15) is 0 Å². The number of ether oxygens (including phenoxy) is 1. The number of benzene rings is 2. The Morgan fingerprint density at radius 1 is 1.14 bits per heavy atom. The van der Waals surface area contributed by atoms with Crippen molar-refractivity contribution in [2.45, 2.75) is 18.7 Å². The van der Waals surface area contributed by atoms with Gasteiger partial charge in [0, 0.05) is 55.0 Å². The summed E-state index contributed by atoms with van der Waals surface area (Å²) >= 11 is 0. The monoisotopic (exact) mass is 500 g/mol. The number of aromatic nitrogens is 1. The molecule has 1 aromatic heterocycles. The molecule has 0 spiro atoms. The number of carbonyl (C=O) groups is 1. The summed E-state index contributed by atoms with van der Waals surface area (Å²) in [7, 11) is 3.36. The average molecular weight is 501 g/mol. The summed E-state index contributed by atoms with van der Waals surface area (Å²) in [4.78, 5) is 19.7. The summed E-state index contributed by atoms with van der Waals surface area (Å²) < 4.78 is 44.5. The van der Waals surface area contributed by atoms with E-state index in [1.54, 1.807) is 44.4 Å². The van der Waals surface area contributed by atoms with E-state index in [0.29, 0.717) is 28.9 Å². The predicted molar refractivity (Wildman–Crippen MR) is 135 cm³/mol. The summed E-state index contributed by atoms with van der Waals surface area (Å²) in [6.45, 7) is 3.79. The second kappa shape index (κ2) is 10.4. The Balaban J connectivity index is 2.09. The molecule has 0 bridgehead atoms. The molecule has 0 radical (unpaired) electrons. The highest BCUT2D eigenvalue weighted by atomic mass is 32.2. The number of rotatable bonds is 8. The summed E-state index contributed by atoms with van der Waals surface area (Å²) in [5.41, 5.74) is 8.76. The molecule has 3 rings (SSSR count). The summed E-state index contributed by atoms with van der Waals surface area (Å²) in [6.07, 6.45) is -0.389. The van der Waals surface area contributed by atoms with E-state index in [1.807, 2.05) is 19.0 Å². The lowest BCUT2D eigenvalue weighted by Gasteiger charge is -2.19. The van der Waals surface area contributed by atoms with Gasteiger partial charge < -0.3 is 20.3 Å². The molecule has 10 heteroatoms. The summed E-state index contributed by atoms with van der Waals surface area (Å²) in [5, 5.41) is 1.61. The van der Waals surface area contributed by atoms with E-state index in [4.69, 9.17) is 10.5 Å². The highest BCUT2D eigenvalue weighted by Gasteiger charge is 2.20. The molecule has 0 atom stereocenters. The number of carbonyl (C=O) groups excluding carboxylic acids is 1. The van der Waals surface area contributed by atoms with E-state index in [1.165, 1.54) is 11.0 Å². The van der Waals surface area contributed by atoms with Crippen molar-refractivity contribution in [3.05, 3.63) is 76.5 Å². The first-order valence-electron chi connectivity index (χ1n) is 10.8. The van der Waals surface area contributed by atoms with Crippen LogP contribution in [0.5, 0.6) is 5.75 Å². The zero-order valence-corrected chi connectivity index (χ0v) is 21.0. The first kappa shape index (κ1) is 26.1. The van der Waals surface area contributed by atoms with Crippen molar-refractivity contribution < 1.29 is 22.3 Å². The van der Waals surface area contributed by atoms with E-state index < -0.39 is 27.5 Å². The van der Waals surface area contributed by atoms with Gasteiger partial charge in [0.1, 0.15) is 17.4 Å². The Morgan fingerprint density at radius 2 is 1.83 bits per heavy atom. The minimum Gasteiger partial charge on any atom is -0.410 e. The number of amides is 1. The van der Waals surface area contributed by atoms with Crippen LogP contribution in [0.25, 0.3) is 10.9 Å². The van der Waals surface area contributed by atoms with Crippen LogP contribution in [0.15, 0.2) is 48.4 Å². The number of nitrogen functional groups attached to an aromatic ring is 1. The maximum absolute atomic E-state index is 15.3. The van der Waals surface area contributed by atoms with Crippen LogP contribution >= 0.6 is 0 Å². The third-order valence-electron chi connectivity index (χ3n) is 5.39. The number of hydrogen-bond acceptors (Lipinski definition) is 7. The molecule has 8 nitrogen and oxygen atoms in total. The van der Waals surface area contributed by atoms with Gasteiger partial charge in [0.05, 0.1) is 11.3 Å². The topological polar surface area (TPSA) is 106 Å². The van der Waals surface area contributed by atoms with Crippen LogP contribution in [0.4, 0.5) is 15.0 Å². The van der Waals surface area contributed by atoms with Crippen LogP contribution in [0.3, 0.4) is 0 Å². The highest BCUT2D eigenvalue weighted by Crippen LogP contribution is 2.31. The number of nitrogens with zero attached hydrogens (tertiary/aromatic N) is 3. The fourth-order valence-corrected chi connectivity index (χ4v) is 4.44. The van der Waals surface area contributed by atoms with Gasteiger partial charge in [-0.25, -0.2) is 22.6 Å². The van der Waals surface area contributed by atoms with E-state index in [0.717, 1.165) is 16.4 Å². The molecule has 186 valence electrons. The minimum absolute atomic E-state index is 0.0660. The predicted octanol–water partition coefficient (Wildman–Crippen LogP) is 3.73. The van der Waals surface area contributed by atoms with Gasteiger partial charge in [0.25, 0.3) is 0 Å². The number of halogens is 1. The van der Waals surface area contributed by atoms with Gasteiger partial charge >= 0.3 is 6.09 Å². The molecule has 0 fully saturated rings. The number of sulfone groups is 1. The maximum Gasteiger partial charge on any atom is 0.414 e. The molecule has 1 amide bonds. The van der Waals surface area contributed by atoms with Crippen LogP contribution in [0.2, 0.25) is 0 Å². The third kappa shape index (κ3) is 6.14. The molecule has 0 aliphatic heterocycles. The Morgan fingerprint density at radius 3 is 2.46 bits per heavy atom. The Bertz CT molecular complexity index is 1390. The smallest absolute Gasteiger partial charge is 0.410 e. The Kier molecular flexibility index (Phi) is 7.76. The maximum atomic E-state index is 15.3. The summed E-state index contributed by atoms with van der Waals surface area (Å²) in [6, 6.07) is 9.77. The van der Waals surface area contributed by atoms with E-state index in [9.17, 15) is 13.2 Å². The first-order valence-corrected chi connectivity index (χ1v) is 12.5. The summed E-state index contributed by atoms with van der Waals surface area (Å²) in [5.74, 6) is -0.525. The SMILES string of the molecule is C=CS(=O)(=O)Cc1cccc(Cc2c(N)nc3cc(OC(=O)N(C)C)ccc3c2CN(C)C)c1F. The fourth-order valence-electron chi connectivity index (χ4n) is 3.67. The van der Waals surface area contributed by atoms with Gasteiger partial charge in [-0.05, 0) is 37.4 Å². The second-order valence-electron chi connectivity index (χ2n) is 8.67. The van der Waals surface area contributed by atoms with Crippen LogP contribution < -0.4 is 10.5 Å². The van der Waals surface area contributed by atoms with E-state index >= 15 is 4.39 Å². The van der Waals surface area contributed by atoms with Gasteiger partial charge in [-0.3, -0.25) is 0 Å². The number of anilines is 1. The fraction of sp³-hybridized carbons (Fsp3) is 0.280. The van der Waals surface area contributed by atoms with Crippen molar-refractivity contribution in [3.63, 3.8) is 0 Å². The molecule has 35 heavy (non-hydrogen) atoms. The van der Waals surface area contributed by atoms with Crippen molar-refractivity contribution >= 4 is 32.7 Å². The zero-order chi connectivity index (χ0) is 25.9. The standard InChI is InChI=1S/C25H29FN4O4S/c1-6-35(32,33)15-17-9-7-8-16(23(17)26)12-20-21(14-29(2)3)19-11-10-18(34-25(31)30(4)5)13-22(19)28-24(20)27/h6-11,13H,1,12,14-15H2,2-5H3,(H2,27,28). The molecule has 0 aliphatic rings. The van der Waals surface area contributed by atoms with Gasteiger partial charge in [0.15, 0.2) is 9.84 Å². The third-order valence-corrected chi connectivity index (χ3v) is 6.61. The number of fused-ring (bicyclic) bond motifs is 1. The molecular weight excluding hydrogens is 471 g/mol. The van der Waals surface area contributed by atoms with Gasteiger partial charge in [-0.15, -0.1) is 0 Å². The number of hydrogen-bond donors (Lipinski definition) is 1. The molecule has 0 unspecified atom stereocenters. The second-order valence-corrected chi connectivity index (χ2v) is 10.6. The molecule has 0 saturated carbocycles. The molecule has 3 aromatic rings. The largest absolute Gasteiger partial charge is 0.414 e. The lowest BCUT2D eigenvalue weighted by atomic mass is 9.95. The molecule has 0 saturated heterocycles. The van der Waals surface area contributed by atoms with Crippen molar-refractivity contribution in [2.24, 2.45) is 0 Å². The van der Waals surface area contributed by atoms with Gasteiger partial charge in [-0.1, -0.05) is 24.8 Å². The van der Waals surface area contributed by atoms with Crippen molar-refractivity contribution in [1.29, 1.82) is 0 Å². The van der Waals surface area contributed by atoms with E-state index in [2.05, 4.69) is 11.6 Å². The van der Waals surface area contributed by atoms with Crippen molar-refractivity contribution in [1.82, 2.24) is 14.8 Å². The normalized spacial score (nSPS) is 11.6. The highest BCUT2D eigenvalue weighted by molar-refractivity contribution is 7.93. The van der Waals surface area contributed by atoms with E-state index in [-0.39, 0.29) is 17.8 Å². The molecule has 1 heterocycles. The Hall–Kier alpha value is -3.50. The lowest BCUT2D eigenvalue weighted by molar-refractivity contribution is 0.172. The van der Waals surface area contributed by atoms with Crippen LogP contribution in [-0.4, -0.2) is 57.5 Å². The molecular formula is C25H29FN4O4S. The quantitative estimate of drug-likeness (QED) is 0.502. The number of pyridine rings is 1. The van der Waals surface area contributed by atoms with Crippen LogP contribution in [-0.2, 0) is 28.6 Å². The molecule has 0 aliphatic carbocycles. The zero-order valence-electron chi connectivity index (χ0n) is 20.2. The Labute approximate surface area is 204 Å². The van der Waals surface area contributed by atoms with Crippen LogP contribution in [0, 0.1) is 5.82 Å².